The van der Waals surface area contributed by atoms with Gasteiger partial charge in [0.2, 0.25) is 0 Å². The summed E-state index contributed by atoms with van der Waals surface area (Å²) < 4.78 is 27.3. The van der Waals surface area contributed by atoms with Crippen LogP contribution in [0.4, 0.5) is 5.69 Å². The Morgan fingerprint density at radius 3 is 1.61 bits per heavy atom. The summed E-state index contributed by atoms with van der Waals surface area (Å²) in [7, 11) is 0. The summed E-state index contributed by atoms with van der Waals surface area (Å²) in [5.74, 6) is -0.354. The van der Waals surface area contributed by atoms with Crippen LogP contribution in [-0.2, 0) is 19.7 Å². The van der Waals surface area contributed by atoms with E-state index in [1.54, 1.807) is 12.1 Å². The van der Waals surface area contributed by atoms with E-state index in [0.29, 0.717) is 4.35 Å². The first-order chi connectivity index (χ1) is 12.5. The molecule has 0 unspecified atom stereocenters. The Morgan fingerprint density at radius 2 is 1.25 bits per heavy atom. The average molecular weight is 457 g/mol. The molecule has 0 bridgehead atoms. The number of nitrogens with one attached hydrogen (secondary N) is 1. The molecule has 2 fully saturated rings. The van der Waals surface area contributed by atoms with Crippen molar-refractivity contribution in [2.75, 3.05) is 5.32 Å². The van der Waals surface area contributed by atoms with E-state index in [2.05, 4.69) is 5.32 Å². The van der Waals surface area contributed by atoms with Gasteiger partial charge in [0, 0.05) is 0 Å². The second-order valence-corrected chi connectivity index (χ2v) is 15.6. The zero-order valence-corrected chi connectivity index (χ0v) is 20.0. The maximum absolute atomic E-state index is 11.6. The van der Waals surface area contributed by atoms with E-state index in [1.807, 2.05) is 55.4 Å². The first-order valence-corrected chi connectivity index (χ1v) is 13.4. The summed E-state index contributed by atoms with van der Waals surface area (Å²) in [6, 6.07) is 4.83. The Hall–Kier alpha value is -1.11. The van der Waals surface area contributed by atoms with Gasteiger partial charge in [0.25, 0.3) is 0 Å². The first-order valence-electron chi connectivity index (χ1n) is 9.44. The SMILES string of the molecule is CC(=O)Nc1cc([As]23(OC(C)(C)C(C)(C)O2)OC(C)(C)C(C)(C)O3)ccc1O. The van der Waals surface area contributed by atoms with E-state index in [0.717, 1.165) is 0 Å². The molecule has 2 N–H and O–H groups in total. The Labute approximate surface area is 168 Å². The average Bonchev–Trinajstić information content (AvgIpc) is 2.71. The molecule has 1 aromatic carbocycles. The number of aromatic hydroxyl groups is 1. The van der Waals surface area contributed by atoms with Crippen molar-refractivity contribution in [3.63, 3.8) is 0 Å². The second kappa shape index (κ2) is 5.73. The van der Waals surface area contributed by atoms with Gasteiger partial charge in [-0.1, -0.05) is 0 Å². The summed E-state index contributed by atoms with van der Waals surface area (Å²) in [6.45, 7) is 17.0. The van der Waals surface area contributed by atoms with Crippen molar-refractivity contribution in [1.82, 2.24) is 0 Å². The summed E-state index contributed by atoms with van der Waals surface area (Å²) >= 11 is -5.04. The zero-order valence-electron chi connectivity index (χ0n) is 18.2. The predicted molar refractivity (Wildman–Crippen MR) is 108 cm³/mol. The van der Waals surface area contributed by atoms with Gasteiger partial charge in [-0.2, -0.15) is 0 Å². The molecule has 8 heteroatoms. The van der Waals surface area contributed by atoms with Crippen LogP contribution in [0, 0.1) is 0 Å². The summed E-state index contributed by atoms with van der Waals surface area (Å²) in [6.07, 6.45) is 0. The van der Waals surface area contributed by atoms with Crippen molar-refractivity contribution in [1.29, 1.82) is 0 Å². The van der Waals surface area contributed by atoms with Gasteiger partial charge in [-0.15, -0.1) is 0 Å². The Kier molecular flexibility index (Phi) is 4.42. The standard InChI is InChI=1S/C20H32AsNO6/c1-13(23)22-15-12-14(10-11-16(15)24)21(25-17(2,3)18(4,5)26-21)27-19(6,7)20(8,9)28-21/h10-12,24H,1-9H3,(H,22,23). The quantitative estimate of drug-likeness (QED) is 0.524. The fraction of sp³-hybridized carbons (Fsp3) is 0.650. The Morgan fingerprint density at radius 1 is 0.857 bits per heavy atom. The maximum atomic E-state index is 11.6. The third kappa shape index (κ3) is 2.91. The van der Waals surface area contributed by atoms with Crippen molar-refractivity contribution in [2.45, 2.75) is 84.7 Å². The van der Waals surface area contributed by atoms with Crippen molar-refractivity contribution < 1.29 is 24.8 Å². The van der Waals surface area contributed by atoms with E-state index in [4.69, 9.17) is 14.9 Å². The molecule has 3 rings (SSSR count). The molecule has 7 nitrogen and oxygen atoms in total. The van der Waals surface area contributed by atoms with Crippen LogP contribution in [0.2, 0.25) is 0 Å². The third-order valence-corrected chi connectivity index (χ3v) is 15.0. The molecule has 1 spiro atoms. The van der Waals surface area contributed by atoms with Crippen LogP contribution in [0.15, 0.2) is 18.2 Å². The van der Waals surface area contributed by atoms with Crippen molar-refractivity contribution in [3.8, 4) is 5.75 Å². The van der Waals surface area contributed by atoms with Crippen molar-refractivity contribution in [2.24, 2.45) is 0 Å². The summed E-state index contributed by atoms with van der Waals surface area (Å²) in [4.78, 5) is 11.6. The van der Waals surface area contributed by atoms with Gasteiger partial charge in [-0.3, -0.25) is 0 Å². The van der Waals surface area contributed by atoms with Crippen LogP contribution in [0.25, 0.3) is 0 Å². The number of anilines is 1. The molecular weight excluding hydrogens is 425 g/mol. The van der Waals surface area contributed by atoms with Gasteiger partial charge in [0.15, 0.2) is 0 Å². The normalized spacial score (nSPS) is 29.1. The molecule has 0 atom stereocenters. The van der Waals surface area contributed by atoms with Gasteiger partial charge < -0.3 is 0 Å². The van der Waals surface area contributed by atoms with Crippen LogP contribution in [0.5, 0.6) is 5.75 Å². The van der Waals surface area contributed by atoms with Crippen LogP contribution in [-0.4, -0.2) is 47.2 Å². The van der Waals surface area contributed by atoms with Crippen molar-refractivity contribution >= 4 is 29.8 Å². The number of phenols is 1. The number of phenolic OH excluding ortho intramolecular Hbond substituents is 1. The topological polar surface area (TPSA) is 86.3 Å². The fourth-order valence-electron chi connectivity index (χ4n) is 3.38. The van der Waals surface area contributed by atoms with Gasteiger partial charge in [-0.25, -0.2) is 0 Å². The van der Waals surface area contributed by atoms with Crippen LogP contribution in [0.1, 0.15) is 62.3 Å². The fourth-order valence-corrected chi connectivity index (χ4v) is 14.6. The van der Waals surface area contributed by atoms with Gasteiger partial charge >= 0.3 is 169 Å². The number of rotatable bonds is 2. The minimum atomic E-state index is -5.04. The zero-order chi connectivity index (χ0) is 21.4. The monoisotopic (exact) mass is 457 g/mol. The van der Waals surface area contributed by atoms with E-state index >= 15 is 0 Å². The molecule has 158 valence electrons. The van der Waals surface area contributed by atoms with E-state index < -0.39 is 36.2 Å². The molecule has 2 aliphatic heterocycles. The summed E-state index contributed by atoms with van der Waals surface area (Å²) in [5, 5.41) is 12.8. The van der Waals surface area contributed by atoms with Gasteiger partial charge in [0.1, 0.15) is 0 Å². The number of amides is 1. The van der Waals surface area contributed by atoms with Crippen molar-refractivity contribution in [3.05, 3.63) is 18.2 Å². The molecule has 0 aromatic heterocycles. The van der Waals surface area contributed by atoms with Crippen LogP contribution in [0.3, 0.4) is 0 Å². The van der Waals surface area contributed by atoms with Crippen LogP contribution < -0.4 is 9.67 Å². The first kappa shape index (κ1) is 21.6. The van der Waals surface area contributed by atoms with Gasteiger partial charge in [0.05, 0.1) is 0 Å². The minimum absolute atomic E-state index is 0.0560. The Balaban J connectivity index is 2.29. The molecule has 0 radical (unpaired) electrons. The predicted octanol–water partition coefficient (Wildman–Crippen LogP) is 3.16. The molecule has 2 saturated heterocycles. The van der Waals surface area contributed by atoms with Crippen LogP contribution >= 0.6 is 0 Å². The molecule has 2 heterocycles. The second-order valence-electron chi connectivity index (χ2n) is 9.60. The number of carbonyl (C=O) groups is 1. The van der Waals surface area contributed by atoms with E-state index in [1.165, 1.54) is 13.0 Å². The molecule has 1 amide bonds. The molecule has 28 heavy (non-hydrogen) atoms. The third-order valence-electron chi connectivity index (χ3n) is 6.15. The molecule has 0 aliphatic carbocycles. The summed E-state index contributed by atoms with van der Waals surface area (Å²) in [5.41, 5.74) is -2.52. The van der Waals surface area contributed by atoms with E-state index in [-0.39, 0.29) is 17.3 Å². The molecule has 2 aliphatic rings. The number of hydrogen-bond acceptors (Lipinski definition) is 6. The Bertz CT molecular complexity index is 770. The molecular formula is C20H32AsNO6. The number of benzene rings is 1. The van der Waals surface area contributed by atoms with E-state index in [9.17, 15) is 9.90 Å². The number of hydrogen-bond donors (Lipinski definition) is 2. The number of carbonyl (C=O) groups excluding carboxylic acids is 1. The van der Waals surface area contributed by atoms with Gasteiger partial charge in [-0.05, 0) is 0 Å². The molecule has 0 saturated carbocycles. The molecule has 1 aromatic rings.